The van der Waals surface area contributed by atoms with Gasteiger partial charge in [-0.2, -0.15) is 0 Å². The maximum Gasteiger partial charge on any atom is 0.0961 e. The molecule has 0 radical (unpaired) electrons. The third-order valence-corrected chi connectivity index (χ3v) is 2.50. The fourth-order valence-electron chi connectivity index (χ4n) is 1.64. The number of ether oxygens (including phenoxy) is 3. The van der Waals surface area contributed by atoms with Crippen molar-refractivity contribution in [3.8, 4) is 0 Å². The van der Waals surface area contributed by atoms with Gasteiger partial charge in [0.25, 0.3) is 0 Å². The predicted molar refractivity (Wildman–Crippen MR) is 54.5 cm³/mol. The van der Waals surface area contributed by atoms with Crippen LogP contribution in [0, 0.1) is 0 Å². The second-order valence-corrected chi connectivity index (χ2v) is 3.51. The van der Waals surface area contributed by atoms with Crippen LogP contribution < -0.4 is 5.32 Å². The molecule has 1 fully saturated rings. The summed E-state index contributed by atoms with van der Waals surface area (Å²) in [5.74, 6) is 0. The zero-order chi connectivity index (χ0) is 10.2. The summed E-state index contributed by atoms with van der Waals surface area (Å²) >= 11 is 0. The first kappa shape index (κ1) is 11.9. The lowest BCUT2D eigenvalue weighted by molar-refractivity contribution is -0.0702. The highest BCUT2D eigenvalue weighted by atomic mass is 16.5. The number of rotatable bonds is 6. The maximum absolute atomic E-state index is 5.72. The van der Waals surface area contributed by atoms with E-state index in [-0.39, 0.29) is 6.10 Å². The van der Waals surface area contributed by atoms with Crippen molar-refractivity contribution in [3.05, 3.63) is 0 Å². The zero-order valence-corrected chi connectivity index (χ0v) is 9.12. The molecule has 4 nitrogen and oxygen atoms in total. The normalized spacial score (nSPS) is 27.9. The van der Waals surface area contributed by atoms with Crippen molar-refractivity contribution < 1.29 is 14.2 Å². The number of likely N-dealkylation sites (N-methyl/N-ethyl adjacent to an activating group) is 1. The van der Waals surface area contributed by atoms with Gasteiger partial charge in [-0.15, -0.1) is 0 Å². The number of hydrogen-bond acceptors (Lipinski definition) is 4. The molecule has 1 rings (SSSR count). The summed E-state index contributed by atoms with van der Waals surface area (Å²) in [5.41, 5.74) is 0. The van der Waals surface area contributed by atoms with Gasteiger partial charge in [-0.05, 0) is 19.9 Å². The van der Waals surface area contributed by atoms with Crippen LogP contribution in [0.3, 0.4) is 0 Å². The molecular weight excluding hydrogens is 182 g/mol. The molecule has 0 bridgehead atoms. The SMILES string of the molecule is CNC1CCOCC1OCCCOC. The Morgan fingerprint density at radius 3 is 3.00 bits per heavy atom. The summed E-state index contributed by atoms with van der Waals surface area (Å²) in [6.45, 7) is 3.06. The van der Waals surface area contributed by atoms with Gasteiger partial charge in [0.05, 0.1) is 12.7 Å². The average Bonchev–Trinajstić information content (AvgIpc) is 2.25. The van der Waals surface area contributed by atoms with Crippen LogP contribution in [0.2, 0.25) is 0 Å². The Bertz CT molecular complexity index is 143. The first-order valence-corrected chi connectivity index (χ1v) is 5.24. The molecule has 0 aromatic rings. The lowest BCUT2D eigenvalue weighted by atomic mass is 10.1. The van der Waals surface area contributed by atoms with Crippen molar-refractivity contribution in [2.24, 2.45) is 0 Å². The summed E-state index contributed by atoms with van der Waals surface area (Å²) in [6.07, 6.45) is 2.18. The fraction of sp³-hybridized carbons (Fsp3) is 1.00. The van der Waals surface area contributed by atoms with Crippen molar-refractivity contribution in [3.63, 3.8) is 0 Å². The molecule has 0 spiro atoms. The summed E-state index contributed by atoms with van der Waals surface area (Å²) < 4.78 is 16.1. The monoisotopic (exact) mass is 203 g/mol. The molecule has 0 aromatic heterocycles. The largest absolute Gasteiger partial charge is 0.385 e. The van der Waals surface area contributed by atoms with E-state index in [1.807, 2.05) is 7.05 Å². The van der Waals surface area contributed by atoms with E-state index in [9.17, 15) is 0 Å². The van der Waals surface area contributed by atoms with Crippen LogP contribution in [0.5, 0.6) is 0 Å². The van der Waals surface area contributed by atoms with E-state index in [2.05, 4.69) is 5.32 Å². The van der Waals surface area contributed by atoms with E-state index < -0.39 is 0 Å². The smallest absolute Gasteiger partial charge is 0.0961 e. The van der Waals surface area contributed by atoms with Crippen LogP contribution in [0.1, 0.15) is 12.8 Å². The van der Waals surface area contributed by atoms with Gasteiger partial charge in [0.1, 0.15) is 0 Å². The minimum absolute atomic E-state index is 0.200. The first-order chi connectivity index (χ1) is 6.88. The third kappa shape index (κ3) is 3.92. The lowest BCUT2D eigenvalue weighted by Gasteiger charge is -2.31. The van der Waals surface area contributed by atoms with Crippen LogP contribution in [0.4, 0.5) is 0 Å². The molecule has 84 valence electrons. The second-order valence-electron chi connectivity index (χ2n) is 3.51. The Hall–Kier alpha value is -0.160. The Balaban J connectivity index is 2.13. The highest BCUT2D eigenvalue weighted by Crippen LogP contribution is 2.11. The summed E-state index contributed by atoms with van der Waals surface area (Å²) in [6, 6.07) is 0.436. The van der Waals surface area contributed by atoms with E-state index in [1.54, 1.807) is 7.11 Å². The summed E-state index contributed by atoms with van der Waals surface area (Å²) in [7, 11) is 3.68. The topological polar surface area (TPSA) is 39.7 Å². The van der Waals surface area contributed by atoms with Crippen LogP contribution in [0.15, 0.2) is 0 Å². The molecule has 0 aromatic carbocycles. The predicted octanol–water partition coefficient (Wildman–Crippen LogP) is 0.416. The summed E-state index contributed by atoms with van der Waals surface area (Å²) in [4.78, 5) is 0. The van der Waals surface area contributed by atoms with E-state index in [0.29, 0.717) is 12.6 Å². The average molecular weight is 203 g/mol. The van der Waals surface area contributed by atoms with E-state index >= 15 is 0 Å². The molecule has 0 aliphatic carbocycles. The van der Waals surface area contributed by atoms with Crippen LogP contribution in [-0.4, -0.2) is 52.7 Å². The Morgan fingerprint density at radius 1 is 1.43 bits per heavy atom. The molecule has 2 unspecified atom stereocenters. The molecule has 0 saturated carbocycles. The van der Waals surface area contributed by atoms with Crippen LogP contribution in [-0.2, 0) is 14.2 Å². The van der Waals surface area contributed by atoms with Gasteiger partial charge in [-0.1, -0.05) is 0 Å². The Kier molecular flexibility index (Phi) is 6.10. The van der Waals surface area contributed by atoms with Crippen LogP contribution >= 0.6 is 0 Å². The summed E-state index contributed by atoms with van der Waals surface area (Å²) in [5, 5.41) is 3.26. The molecule has 1 aliphatic rings. The third-order valence-electron chi connectivity index (χ3n) is 2.50. The lowest BCUT2D eigenvalue weighted by Crippen LogP contribution is -2.46. The van der Waals surface area contributed by atoms with Gasteiger partial charge in [-0.3, -0.25) is 0 Å². The maximum atomic E-state index is 5.72. The molecule has 2 atom stereocenters. The number of hydrogen-bond donors (Lipinski definition) is 1. The second kappa shape index (κ2) is 7.17. The molecule has 1 aliphatic heterocycles. The van der Waals surface area contributed by atoms with Gasteiger partial charge in [-0.25, -0.2) is 0 Å². The molecular formula is C10H21NO3. The van der Waals surface area contributed by atoms with Crippen molar-refractivity contribution in [1.82, 2.24) is 5.32 Å². The standard InChI is InChI=1S/C10H21NO3/c1-11-9-4-7-13-8-10(9)14-6-3-5-12-2/h9-11H,3-8H2,1-2H3. The molecule has 14 heavy (non-hydrogen) atoms. The molecule has 1 heterocycles. The fourth-order valence-corrected chi connectivity index (χ4v) is 1.64. The Labute approximate surface area is 85.9 Å². The minimum Gasteiger partial charge on any atom is -0.385 e. The number of methoxy groups -OCH3 is 1. The minimum atomic E-state index is 0.200. The molecule has 0 amide bonds. The Morgan fingerprint density at radius 2 is 2.29 bits per heavy atom. The van der Waals surface area contributed by atoms with Gasteiger partial charge >= 0.3 is 0 Å². The molecule has 4 heteroatoms. The van der Waals surface area contributed by atoms with E-state index in [4.69, 9.17) is 14.2 Å². The van der Waals surface area contributed by atoms with E-state index in [0.717, 1.165) is 32.7 Å². The molecule has 1 saturated heterocycles. The highest BCUT2D eigenvalue weighted by molar-refractivity contribution is 4.78. The van der Waals surface area contributed by atoms with Crippen molar-refractivity contribution in [2.75, 3.05) is 40.6 Å². The van der Waals surface area contributed by atoms with Gasteiger partial charge in [0.2, 0.25) is 0 Å². The van der Waals surface area contributed by atoms with Crippen molar-refractivity contribution in [1.29, 1.82) is 0 Å². The van der Waals surface area contributed by atoms with E-state index in [1.165, 1.54) is 0 Å². The molecule has 1 N–H and O–H groups in total. The highest BCUT2D eigenvalue weighted by Gasteiger charge is 2.24. The van der Waals surface area contributed by atoms with Gasteiger partial charge in [0, 0.05) is 33.0 Å². The van der Waals surface area contributed by atoms with Crippen molar-refractivity contribution >= 4 is 0 Å². The zero-order valence-electron chi connectivity index (χ0n) is 9.12. The van der Waals surface area contributed by atoms with Crippen molar-refractivity contribution in [2.45, 2.75) is 25.0 Å². The van der Waals surface area contributed by atoms with Gasteiger partial charge < -0.3 is 19.5 Å². The first-order valence-electron chi connectivity index (χ1n) is 5.24. The van der Waals surface area contributed by atoms with Gasteiger partial charge in [0.15, 0.2) is 0 Å². The van der Waals surface area contributed by atoms with Crippen LogP contribution in [0.25, 0.3) is 0 Å². The quantitative estimate of drug-likeness (QED) is 0.635. The number of nitrogens with one attached hydrogen (secondary N) is 1.